The van der Waals surface area contributed by atoms with E-state index >= 15 is 0 Å². The molecule has 4 heteroatoms. The summed E-state index contributed by atoms with van der Waals surface area (Å²) in [4.78, 5) is 8.04. The highest BCUT2D eigenvalue weighted by Crippen LogP contribution is 2.44. The van der Waals surface area contributed by atoms with Crippen molar-refractivity contribution in [3.63, 3.8) is 0 Å². The second-order valence-corrected chi connectivity index (χ2v) is 8.15. The molecule has 142 valence electrons. The molecule has 3 atom stereocenters. The van der Waals surface area contributed by atoms with E-state index in [2.05, 4.69) is 64.4 Å². The lowest BCUT2D eigenvalue weighted by atomic mass is 9.96. The van der Waals surface area contributed by atoms with Crippen molar-refractivity contribution in [1.29, 1.82) is 5.26 Å². The second-order valence-electron chi connectivity index (χ2n) is 6.93. The van der Waals surface area contributed by atoms with Crippen LogP contribution in [0.5, 0.6) is 0 Å². The van der Waals surface area contributed by atoms with E-state index in [0.29, 0.717) is 12.0 Å². The molecule has 2 aliphatic heterocycles. The number of anilines is 1. The van der Waals surface area contributed by atoms with Crippen molar-refractivity contribution in [2.24, 2.45) is 4.99 Å². The first-order valence-electron chi connectivity index (χ1n) is 9.63. The first-order chi connectivity index (χ1) is 14.3. The van der Waals surface area contributed by atoms with Gasteiger partial charge in [0, 0.05) is 22.4 Å². The van der Waals surface area contributed by atoms with Gasteiger partial charge in [-0.15, -0.1) is 18.2 Å². The Morgan fingerprint density at radius 3 is 2.83 bits per heavy atom. The molecule has 4 rings (SSSR count). The molecule has 0 spiro atoms. The summed E-state index contributed by atoms with van der Waals surface area (Å²) in [5.74, 6) is 2.95. The van der Waals surface area contributed by atoms with E-state index in [1.807, 2.05) is 43.0 Å². The van der Waals surface area contributed by atoms with Gasteiger partial charge in [-0.05, 0) is 19.4 Å². The Morgan fingerprint density at radius 2 is 2.10 bits per heavy atom. The van der Waals surface area contributed by atoms with E-state index in [1.54, 1.807) is 6.21 Å². The molecule has 0 aromatic heterocycles. The van der Waals surface area contributed by atoms with Crippen LogP contribution < -0.4 is 4.90 Å². The third-order valence-corrected chi connectivity index (χ3v) is 6.48. The van der Waals surface area contributed by atoms with E-state index in [1.165, 1.54) is 0 Å². The second kappa shape index (κ2) is 8.43. The largest absolute Gasteiger partial charge is 0.325 e. The van der Waals surface area contributed by atoms with E-state index < -0.39 is 0 Å². The molecule has 1 aromatic carbocycles. The predicted octanol–water partition coefficient (Wildman–Crippen LogP) is 5.49. The lowest BCUT2D eigenvalue weighted by Crippen LogP contribution is -2.44. The number of terminal acetylenes is 1. The molecule has 0 saturated heterocycles. The van der Waals surface area contributed by atoms with Crippen molar-refractivity contribution >= 4 is 23.7 Å². The third-order valence-electron chi connectivity index (χ3n) is 5.19. The number of allylic oxidation sites excluding steroid dienone is 6. The number of rotatable bonds is 3. The van der Waals surface area contributed by atoms with Crippen molar-refractivity contribution in [1.82, 2.24) is 0 Å². The lowest BCUT2D eigenvalue weighted by molar-refractivity contribution is 0.715. The molecule has 3 aliphatic rings. The quantitative estimate of drug-likeness (QED) is 0.635. The normalized spacial score (nSPS) is 25.6. The standard InChI is InChI=1S/C25H21N3S/c1-3-9-24-21(4-2)28(23-12-7-8-13-25(23)29-24)22-11-6-5-10-19(22)20-15-14-18(16-26)17-27-20/h2-3,5-14,17,20,23,25H,15H2,1H3/b9-3-. The molecule has 0 bridgehead atoms. The summed E-state index contributed by atoms with van der Waals surface area (Å²) in [5.41, 5.74) is 3.70. The Kier molecular flexibility index (Phi) is 5.56. The summed E-state index contributed by atoms with van der Waals surface area (Å²) in [5, 5.41) is 9.40. The number of nitrogens with zero attached hydrogens (tertiary/aromatic N) is 3. The molecule has 1 aromatic rings. The van der Waals surface area contributed by atoms with Gasteiger partial charge in [0.15, 0.2) is 0 Å². The summed E-state index contributed by atoms with van der Waals surface area (Å²) in [6.45, 7) is 2.01. The Hall–Kier alpha value is -3.21. The fourth-order valence-corrected chi connectivity index (χ4v) is 5.17. The molecule has 0 amide bonds. The molecule has 0 fully saturated rings. The van der Waals surface area contributed by atoms with Gasteiger partial charge in [-0.1, -0.05) is 66.7 Å². The highest BCUT2D eigenvalue weighted by molar-refractivity contribution is 8.04. The highest BCUT2D eigenvalue weighted by atomic mass is 32.2. The van der Waals surface area contributed by atoms with E-state index in [9.17, 15) is 0 Å². The van der Waals surface area contributed by atoms with Crippen molar-refractivity contribution in [2.75, 3.05) is 4.90 Å². The van der Waals surface area contributed by atoms with Crippen LogP contribution >= 0.6 is 11.8 Å². The number of dihydropyridines is 1. The minimum absolute atomic E-state index is 0.0244. The summed E-state index contributed by atoms with van der Waals surface area (Å²) >= 11 is 1.81. The number of nitriles is 1. The number of para-hydroxylation sites is 1. The van der Waals surface area contributed by atoms with Crippen molar-refractivity contribution in [3.8, 4) is 18.4 Å². The zero-order valence-electron chi connectivity index (χ0n) is 16.2. The van der Waals surface area contributed by atoms with E-state index in [4.69, 9.17) is 11.7 Å². The zero-order valence-corrected chi connectivity index (χ0v) is 17.0. The maximum Gasteiger partial charge on any atom is 0.106 e. The molecule has 0 radical (unpaired) electrons. The number of benzene rings is 1. The minimum atomic E-state index is -0.0244. The Balaban J connectivity index is 1.83. The summed E-state index contributed by atoms with van der Waals surface area (Å²) in [7, 11) is 0. The summed E-state index contributed by atoms with van der Waals surface area (Å²) in [6, 6.07) is 10.6. The van der Waals surface area contributed by atoms with Gasteiger partial charge in [-0.2, -0.15) is 5.26 Å². The van der Waals surface area contributed by atoms with Crippen molar-refractivity contribution < 1.29 is 0 Å². The average molecular weight is 396 g/mol. The fraction of sp³-hybridized carbons (Fsp3) is 0.200. The van der Waals surface area contributed by atoms with Crippen molar-refractivity contribution in [3.05, 3.63) is 88.5 Å². The predicted molar refractivity (Wildman–Crippen MR) is 123 cm³/mol. The first kappa shape index (κ1) is 19.1. The number of hydrogen-bond acceptors (Lipinski definition) is 4. The smallest absolute Gasteiger partial charge is 0.106 e. The zero-order chi connectivity index (χ0) is 20.2. The Morgan fingerprint density at radius 1 is 1.28 bits per heavy atom. The third kappa shape index (κ3) is 3.60. The molecule has 2 heterocycles. The maximum atomic E-state index is 9.11. The maximum absolute atomic E-state index is 9.11. The molecular formula is C25H21N3S. The molecule has 3 unspecified atom stereocenters. The van der Waals surface area contributed by atoms with Crippen LogP contribution in [0.3, 0.4) is 0 Å². The molecular weight excluding hydrogens is 374 g/mol. The molecule has 0 N–H and O–H groups in total. The van der Waals surface area contributed by atoms with Crippen LogP contribution in [0.25, 0.3) is 0 Å². The van der Waals surface area contributed by atoms with Gasteiger partial charge < -0.3 is 4.90 Å². The van der Waals surface area contributed by atoms with Crippen LogP contribution in [0.15, 0.2) is 88.0 Å². The highest BCUT2D eigenvalue weighted by Gasteiger charge is 2.36. The Labute approximate surface area is 176 Å². The van der Waals surface area contributed by atoms with Crippen LogP contribution in [0.2, 0.25) is 0 Å². The van der Waals surface area contributed by atoms with Crippen LogP contribution in [-0.4, -0.2) is 17.5 Å². The monoisotopic (exact) mass is 395 g/mol. The fourth-order valence-electron chi connectivity index (χ4n) is 3.87. The summed E-state index contributed by atoms with van der Waals surface area (Å²) < 4.78 is 0. The van der Waals surface area contributed by atoms with Gasteiger partial charge in [0.2, 0.25) is 0 Å². The number of thioether (sulfide) groups is 1. The molecule has 1 aliphatic carbocycles. The number of fused-ring (bicyclic) bond motifs is 1. The van der Waals surface area contributed by atoms with Gasteiger partial charge >= 0.3 is 0 Å². The minimum Gasteiger partial charge on any atom is -0.325 e. The number of hydrogen-bond donors (Lipinski definition) is 0. The van der Waals surface area contributed by atoms with Crippen LogP contribution in [-0.2, 0) is 0 Å². The molecule has 0 saturated carbocycles. The average Bonchev–Trinajstić information content (AvgIpc) is 2.78. The SMILES string of the molecule is C#CC1=C(/C=C\C)SC2C=CC=CC2N1c1ccccc1C1CC=C(C#N)C=N1. The molecule has 29 heavy (non-hydrogen) atoms. The van der Waals surface area contributed by atoms with Gasteiger partial charge in [-0.25, -0.2) is 0 Å². The summed E-state index contributed by atoms with van der Waals surface area (Å²) in [6.07, 6.45) is 23.1. The first-order valence-corrected chi connectivity index (χ1v) is 10.5. The van der Waals surface area contributed by atoms with Crippen molar-refractivity contribution in [2.45, 2.75) is 30.7 Å². The van der Waals surface area contributed by atoms with Crippen LogP contribution in [0.4, 0.5) is 5.69 Å². The van der Waals surface area contributed by atoms with Crippen LogP contribution in [0, 0.1) is 23.7 Å². The number of aliphatic imine (C=N–C) groups is 1. The topological polar surface area (TPSA) is 39.4 Å². The van der Waals surface area contributed by atoms with Gasteiger partial charge in [-0.3, -0.25) is 4.99 Å². The Bertz CT molecular complexity index is 1070. The van der Waals surface area contributed by atoms with Gasteiger partial charge in [0.25, 0.3) is 0 Å². The van der Waals surface area contributed by atoms with Gasteiger partial charge in [0.1, 0.15) is 11.8 Å². The van der Waals surface area contributed by atoms with Crippen LogP contribution in [0.1, 0.15) is 24.9 Å². The lowest BCUT2D eigenvalue weighted by Gasteiger charge is -2.42. The van der Waals surface area contributed by atoms with E-state index in [0.717, 1.165) is 21.9 Å². The van der Waals surface area contributed by atoms with E-state index in [-0.39, 0.29) is 17.3 Å². The van der Waals surface area contributed by atoms with Gasteiger partial charge in [0.05, 0.1) is 22.9 Å². The molecule has 3 nitrogen and oxygen atoms in total.